The number of esters is 2. The summed E-state index contributed by atoms with van der Waals surface area (Å²) in [5.41, 5.74) is 11.6. The Bertz CT molecular complexity index is 2220. The first-order valence-electron chi connectivity index (χ1n) is 21.8. The molecule has 3 aliphatic heterocycles. The fraction of sp³-hybridized carbons (Fsp3) is 0.551. The zero-order chi connectivity index (χ0) is 42.5. The van der Waals surface area contributed by atoms with E-state index in [0.29, 0.717) is 40.4 Å². The van der Waals surface area contributed by atoms with E-state index in [1.807, 2.05) is 45.1 Å². The molecule has 1 aliphatic carbocycles. The molecule has 0 saturated heterocycles. The van der Waals surface area contributed by atoms with Crippen LogP contribution < -0.4 is 20.7 Å². The van der Waals surface area contributed by atoms with Crippen LogP contribution in [0.2, 0.25) is 0 Å². The van der Waals surface area contributed by atoms with Crippen molar-refractivity contribution < 1.29 is 29.3 Å². The van der Waals surface area contributed by atoms with Gasteiger partial charge in [-0.3, -0.25) is 9.59 Å². The minimum atomic E-state index is -1.20. The van der Waals surface area contributed by atoms with Crippen LogP contribution in [0.3, 0.4) is 0 Å². The van der Waals surface area contributed by atoms with Crippen LogP contribution in [-0.4, -0.2) is 65.5 Å². The third-order valence-electron chi connectivity index (χ3n) is 12.8. The van der Waals surface area contributed by atoms with Crippen molar-refractivity contribution in [3.8, 4) is 0 Å². The number of hydrogen-bond donors (Lipinski definition) is 2. The van der Waals surface area contributed by atoms with Crippen LogP contribution in [-0.2, 0) is 25.5 Å². The first-order chi connectivity index (χ1) is 28.3. The van der Waals surface area contributed by atoms with Crippen LogP contribution in [0.1, 0.15) is 145 Å². The van der Waals surface area contributed by atoms with Crippen LogP contribution in [0.25, 0.3) is 28.4 Å². The largest absolute Gasteiger partial charge is 2.00 e. The van der Waals surface area contributed by atoms with E-state index in [1.165, 1.54) is 44.8 Å². The monoisotopic (exact) mass is 828 g/mol. The van der Waals surface area contributed by atoms with E-state index in [9.17, 15) is 19.8 Å². The molecule has 0 fully saturated rings. The molecule has 5 heterocycles. The van der Waals surface area contributed by atoms with Crippen molar-refractivity contribution >= 4 is 52.7 Å². The molecule has 0 saturated carbocycles. The van der Waals surface area contributed by atoms with Crippen molar-refractivity contribution in [1.29, 1.82) is 0 Å². The van der Waals surface area contributed by atoms with Crippen LogP contribution >= 0.6 is 0 Å². The Hall–Kier alpha value is -3.77. The smallest absolute Gasteiger partial charge is 0.661 e. The molecule has 0 radical (unpaired) electrons. The van der Waals surface area contributed by atoms with Gasteiger partial charge in [-0.15, -0.1) is 33.5 Å². The number of methoxy groups -OCH3 is 1. The second-order valence-corrected chi connectivity index (χ2v) is 17.3. The Kier molecular flexibility index (Phi) is 16.4. The van der Waals surface area contributed by atoms with Crippen molar-refractivity contribution in [1.82, 2.24) is 9.97 Å². The fourth-order valence-corrected chi connectivity index (χ4v) is 9.20. The van der Waals surface area contributed by atoms with Crippen molar-refractivity contribution in [2.45, 2.75) is 132 Å². The van der Waals surface area contributed by atoms with Gasteiger partial charge in [-0.2, -0.15) is 11.4 Å². The molecule has 2 aromatic rings. The minimum Gasteiger partial charge on any atom is -0.661 e. The summed E-state index contributed by atoms with van der Waals surface area (Å²) in [6, 6.07) is 0. The van der Waals surface area contributed by atoms with Crippen molar-refractivity contribution in [2.24, 2.45) is 23.7 Å². The predicted octanol–water partition coefficient (Wildman–Crippen LogP) is 8.05. The Balaban J connectivity index is 0.00000683. The van der Waals surface area contributed by atoms with Crippen molar-refractivity contribution in [2.75, 3.05) is 20.3 Å². The number of rotatable bonds is 17. The molecule has 6 rings (SSSR count). The summed E-state index contributed by atoms with van der Waals surface area (Å²) in [7, 11) is 1.32. The quantitative estimate of drug-likeness (QED) is 0.0705. The summed E-state index contributed by atoms with van der Waals surface area (Å²) in [6.45, 7) is 17.1. The summed E-state index contributed by atoms with van der Waals surface area (Å²) in [4.78, 5) is 37.1. The molecule has 11 heteroatoms. The summed E-state index contributed by atoms with van der Waals surface area (Å²) in [6.07, 6.45) is 17.0. The van der Waals surface area contributed by atoms with Gasteiger partial charge in [0.1, 0.15) is 12.5 Å². The molecule has 2 N–H and O–H groups in total. The van der Waals surface area contributed by atoms with Gasteiger partial charge in [-0.25, -0.2) is 0 Å². The van der Waals surface area contributed by atoms with Gasteiger partial charge in [0.25, 0.3) is 0 Å². The molecular formula is C49H64MgN4O6-2. The van der Waals surface area contributed by atoms with E-state index >= 15 is 0 Å². The first-order valence-corrected chi connectivity index (χ1v) is 21.8. The van der Waals surface area contributed by atoms with E-state index < -0.39 is 18.0 Å². The molecule has 10 nitrogen and oxygen atoms in total. The van der Waals surface area contributed by atoms with E-state index in [-0.39, 0.29) is 60.5 Å². The minimum absolute atomic E-state index is 0. The van der Waals surface area contributed by atoms with Crippen LogP contribution in [0, 0.1) is 37.5 Å². The maximum atomic E-state index is 13.6. The molecule has 2 aromatic heterocycles. The topological polar surface area (TPSA) is 149 Å². The Morgan fingerprint density at radius 1 is 0.933 bits per heavy atom. The number of nitrogens with zero attached hydrogens (tertiary/aromatic N) is 4. The number of ether oxygens (including phenoxy) is 2. The number of carbonyl (C=O) groups is 2. The molecule has 4 atom stereocenters. The number of aromatic nitrogens is 2. The molecule has 0 amide bonds. The first kappa shape index (κ1) is 47.3. The van der Waals surface area contributed by atoms with Crippen molar-refractivity contribution in [3.63, 3.8) is 0 Å². The number of allylic oxidation sites excluding steroid dienone is 5. The maximum Gasteiger partial charge on any atom is 2.00 e. The van der Waals surface area contributed by atoms with Gasteiger partial charge in [0.15, 0.2) is 0 Å². The van der Waals surface area contributed by atoms with Crippen LogP contribution in [0.4, 0.5) is 0 Å². The van der Waals surface area contributed by atoms with Gasteiger partial charge in [-0.1, -0.05) is 117 Å². The maximum absolute atomic E-state index is 13.6. The van der Waals surface area contributed by atoms with Gasteiger partial charge in [-0.05, 0) is 89.2 Å². The SMILES string of the molecule is CCc1c2[n-]c(c1C)/C=C1\[N-]C(=C(C)[C@H]1CCO)/C=C1\[N-]C(=C(CCC(=O)OC/C=C(/C)CCCCCCCC(C)C)[C@@H]1C)C1=c3[n-]/c(c(C)c3[C@H](O)[C@@H]1C(=O)OC)=C\2.[Mg+2]. The standard InChI is InChI=1S/C49H64N4O6.Mg/c1-10-33-29(5)37-25-41-34(20-22-54)30(6)36(51-41)24-38-31(7)35(18-19-42(55)59-23-21-28(4)17-15-13-11-12-14-16-27(2)3)46(52-38)44-45(49(57)58-9)48(56)43-32(8)39(53-47(43)44)26-40(33)50-37;/h21,24-27,31,34,45,48,54,56H,10-20,22-23H2,1-9H3;/q-4;+2/b28-21-,38-24-,39-26-,41-25-;/t31-,34+,45+,48-;/m0./s1. The second-order valence-electron chi connectivity index (χ2n) is 17.3. The number of hydrogen-bond acceptors (Lipinski definition) is 6. The van der Waals surface area contributed by atoms with Crippen molar-refractivity contribution in [3.05, 3.63) is 107 Å². The Labute approximate surface area is 373 Å². The summed E-state index contributed by atoms with van der Waals surface area (Å²) < 4.78 is 11.0. The van der Waals surface area contributed by atoms with Crippen LogP contribution in [0.15, 0.2) is 51.7 Å². The number of aliphatic hydroxyl groups excluding tert-OH is 2. The third-order valence-corrected chi connectivity index (χ3v) is 12.8. The Morgan fingerprint density at radius 3 is 2.37 bits per heavy atom. The van der Waals surface area contributed by atoms with E-state index in [1.54, 1.807) is 0 Å². The fourth-order valence-electron chi connectivity index (χ4n) is 9.20. The summed E-state index contributed by atoms with van der Waals surface area (Å²) in [5.74, 6) is -1.53. The molecule has 8 bridgehead atoms. The van der Waals surface area contributed by atoms with Crippen LogP contribution in [0.5, 0.6) is 0 Å². The van der Waals surface area contributed by atoms with Gasteiger partial charge >= 0.3 is 35.0 Å². The molecule has 4 aliphatic rings. The summed E-state index contributed by atoms with van der Waals surface area (Å²) >= 11 is 0. The van der Waals surface area contributed by atoms with Gasteiger partial charge in [0.05, 0.1) is 13.2 Å². The van der Waals surface area contributed by atoms with E-state index in [2.05, 4.69) is 34.6 Å². The molecule has 60 heavy (non-hydrogen) atoms. The number of unbranched alkanes of at least 4 members (excludes halogenated alkanes) is 4. The molecule has 0 spiro atoms. The molecular weight excluding hydrogens is 765 g/mol. The zero-order valence-electron chi connectivity index (χ0n) is 37.4. The summed E-state index contributed by atoms with van der Waals surface area (Å²) in [5, 5.41) is 33.6. The van der Waals surface area contributed by atoms with Gasteiger partial charge in [0, 0.05) is 13.0 Å². The normalized spacial score (nSPS) is 23.1. The third kappa shape index (κ3) is 9.95. The number of aliphatic hydroxyl groups is 2. The van der Waals surface area contributed by atoms with Gasteiger partial charge < -0.3 is 40.3 Å². The molecule has 320 valence electrons. The second kappa shape index (κ2) is 20.9. The number of carbonyl (C=O) groups excluding carboxylic acids is 2. The molecule has 0 aromatic carbocycles. The van der Waals surface area contributed by atoms with E-state index in [4.69, 9.17) is 30.1 Å². The Morgan fingerprint density at radius 2 is 1.67 bits per heavy atom. The zero-order valence-corrected chi connectivity index (χ0v) is 38.8. The number of fused-ring (bicyclic) bond motifs is 8. The average molecular weight is 829 g/mol. The van der Waals surface area contributed by atoms with E-state index in [0.717, 1.165) is 81.5 Å². The van der Waals surface area contributed by atoms with Gasteiger partial charge in [0.2, 0.25) is 0 Å². The average Bonchev–Trinajstić information content (AvgIpc) is 3.94. The predicted molar refractivity (Wildman–Crippen MR) is 239 cm³/mol. The molecule has 0 unspecified atom stereocenters.